The van der Waals surface area contributed by atoms with Crippen molar-refractivity contribution in [2.24, 2.45) is 0 Å². The smallest absolute Gasteiger partial charge is 0.125 e. The Kier molecular flexibility index (Phi) is 1.77. The molecule has 0 aliphatic rings. The van der Waals surface area contributed by atoms with E-state index in [1.54, 1.807) is 17.4 Å². The maximum Gasteiger partial charge on any atom is 0.125 e. The maximum absolute atomic E-state index is 9.58. The van der Waals surface area contributed by atoms with Gasteiger partial charge in [-0.15, -0.1) is 24.0 Å². The lowest BCUT2D eigenvalue weighted by molar-refractivity contribution is 0.480. The minimum absolute atomic E-state index is 0.330. The molecule has 2 aromatic rings. The van der Waals surface area contributed by atoms with Crippen LogP contribution >= 0.6 is 24.0 Å². The summed E-state index contributed by atoms with van der Waals surface area (Å²) in [5.74, 6) is 0.330. The minimum atomic E-state index is 0.330. The zero-order valence-corrected chi connectivity index (χ0v) is 8.25. The van der Waals surface area contributed by atoms with Crippen LogP contribution in [0.4, 0.5) is 0 Å². The summed E-state index contributed by atoms with van der Waals surface area (Å²) >= 11 is 5.86. The number of thiol groups is 1. The Bertz CT molecular complexity index is 431. The lowest BCUT2D eigenvalue weighted by Crippen LogP contribution is -1.72. The highest BCUT2D eigenvalue weighted by molar-refractivity contribution is 7.80. The Balaban J connectivity index is 2.93. The van der Waals surface area contributed by atoms with Crippen molar-refractivity contribution in [3.8, 4) is 5.75 Å². The first kappa shape index (κ1) is 7.95. The van der Waals surface area contributed by atoms with Crippen molar-refractivity contribution >= 4 is 34.1 Å². The maximum atomic E-state index is 9.58. The second-order valence-electron chi connectivity index (χ2n) is 2.78. The third-order valence-corrected chi connectivity index (χ3v) is 3.24. The molecule has 12 heavy (non-hydrogen) atoms. The van der Waals surface area contributed by atoms with Crippen LogP contribution in [0.25, 0.3) is 10.1 Å². The third-order valence-electron chi connectivity index (χ3n) is 1.78. The van der Waals surface area contributed by atoms with Crippen molar-refractivity contribution in [1.82, 2.24) is 0 Å². The molecular formula is C9H8OS2. The van der Waals surface area contributed by atoms with Gasteiger partial charge in [-0.25, -0.2) is 0 Å². The van der Waals surface area contributed by atoms with Crippen LogP contribution in [0.15, 0.2) is 22.4 Å². The molecule has 0 unspecified atom stereocenters. The molecule has 1 aromatic heterocycles. The molecule has 1 heterocycles. The summed E-state index contributed by atoms with van der Waals surface area (Å²) < 4.78 is 1.09. The van der Waals surface area contributed by atoms with Gasteiger partial charge in [0.25, 0.3) is 0 Å². The van der Waals surface area contributed by atoms with E-state index in [-0.39, 0.29) is 0 Å². The van der Waals surface area contributed by atoms with E-state index in [4.69, 9.17) is 0 Å². The average Bonchev–Trinajstić information content (AvgIpc) is 2.31. The SMILES string of the molecule is Cc1cc(O)c2c(S)csc2c1. The summed E-state index contributed by atoms with van der Waals surface area (Å²) in [4.78, 5) is 0.854. The number of thiophene rings is 1. The van der Waals surface area contributed by atoms with E-state index in [1.165, 1.54) is 0 Å². The summed E-state index contributed by atoms with van der Waals surface area (Å²) in [6.07, 6.45) is 0. The molecule has 0 radical (unpaired) electrons. The lowest BCUT2D eigenvalue weighted by atomic mass is 10.2. The largest absolute Gasteiger partial charge is 0.507 e. The van der Waals surface area contributed by atoms with E-state index in [2.05, 4.69) is 18.7 Å². The van der Waals surface area contributed by atoms with Crippen LogP contribution in [0.5, 0.6) is 5.75 Å². The van der Waals surface area contributed by atoms with Gasteiger partial charge in [-0.1, -0.05) is 0 Å². The molecule has 0 aliphatic carbocycles. The first-order valence-electron chi connectivity index (χ1n) is 3.58. The predicted octanol–water partition coefficient (Wildman–Crippen LogP) is 3.20. The normalized spacial score (nSPS) is 10.8. The Morgan fingerprint density at radius 3 is 2.92 bits per heavy atom. The standard InChI is InChI=1S/C9H8OS2/c1-5-2-6(10)9-7(11)4-12-8(9)3-5/h2-4,10-11H,1H3. The van der Waals surface area contributed by atoms with Crippen molar-refractivity contribution < 1.29 is 5.11 Å². The van der Waals surface area contributed by atoms with Gasteiger partial charge in [0.15, 0.2) is 0 Å². The number of rotatable bonds is 0. The number of phenols is 1. The van der Waals surface area contributed by atoms with E-state index in [0.717, 1.165) is 20.5 Å². The van der Waals surface area contributed by atoms with Gasteiger partial charge >= 0.3 is 0 Å². The van der Waals surface area contributed by atoms with Gasteiger partial charge in [-0.2, -0.15) is 0 Å². The van der Waals surface area contributed by atoms with Gasteiger partial charge in [0, 0.05) is 20.4 Å². The number of hydrogen-bond donors (Lipinski definition) is 2. The molecule has 0 saturated heterocycles. The number of benzene rings is 1. The summed E-state index contributed by atoms with van der Waals surface area (Å²) in [5, 5.41) is 12.4. The molecule has 1 nitrogen and oxygen atoms in total. The van der Waals surface area contributed by atoms with Crippen LogP contribution in [0.1, 0.15) is 5.56 Å². The van der Waals surface area contributed by atoms with Gasteiger partial charge in [0.05, 0.1) is 0 Å². The van der Waals surface area contributed by atoms with Gasteiger partial charge in [0.2, 0.25) is 0 Å². The number of fused-ring (bicyclic) bond motifs is 1. The van der Waals surface area contributed by atoms with Crippen molar-refractivity contribution in [2.75, 3.05) is 0 Å². The van der Waals surface area contributed by atoms with E-state index >= 15 is 0 Å². The monoisotopic (exact) mass is 196 g/mol. The van der Waals surface area contributed by atoms with Crippen LogP contribution in [0, 0.1) is 6.92 Å². The Morgan fingerprint density at radius 1 is 1.42 bits per heavy atom. The fourth-order valence-corrected chi connectivity index (χ4v) is 2.67. The van der Waals surface area contributed by atoms with Crippen molar-refractivity contribution in [3.05, 3.63) is 23.1 Å². The third kappa shape index (κ3) is 1.09. The van der Waals surface area contributed by atoms with E-state index in [1.807, 2.05) is 12.3 Å². The lowest BCUT2D eigenvalue weighted by Gasteiger charge is -1.97. The number of hydrogen-bond acceptors (Lipinski definition) is 3. The van der Waals surface area contributed by atoms with Gasteiger partial charge in [0.1, 0.15) is 5.75 Å². The minimum Gasteiger partial charge on any atom is -0.507 e. The molecule has 1 aromatic carbocycles. The quantitative estimate of drug-likeness (QED) is 0.620. The van der Waals surface area contributed by atoms with Crippen molar-refractivity contribution in [3.63, 3.8) is 0 Å². The molecule has 0 fully saturated rings. The second-order valence-corrected chi connectivity index (χ2v) is 4.17. The van der Waals surface area contributed by atoms with E-state index in [9.17, 15) is 5.11 Å². The first-order valence-corrected chi connectivity index (χ1v) is 4.91. The molecule has 62 valence electrons. The van der Waals surface area contributed by atoms with E-state index in [0.29, 0.717) is 5.75 Å². The number of aromatic hydroxyl groups is 1. The second kappa shape index (κ2) is 2.68. The molecule has 0 aliphatic heterocycles. The van der Waals surface area contributed by atoms with Crippen LogP contribution in [0.2, 0.25) is 0 Å². The zero-order valence-electron chi connectivity index (χ0n) is 6.53. The van der Waals surface area contributed by atoms with Gasteiger partial charge in [-0.3, -0.25) is 0 Å². The molecule has 1 N–H and O–H groups in total. The molecule has 0 spiro atoms. The average molecular weight is 196 g/mol. The van der Waals surface area contributed by atoms with Crippen LogP contribution in [-0.4, -0.2) is 5.11 Å². The summed E-state index contributed by atoms with van der Waals surface area (Å²) in [7, 11) is 0. The van der Waals surface area contributed by atoms with Crippen LogP contribution in [-0.2, 0) is 0 Å². The predicted molar refractivity (Wildman–Crippen MR) is 55.5 cm³/mol. The number of phenolic OH excluding ortho intramolecular Hbond substituents is 1. The fourth-order valence-electron chi connectivity index (χ4n) is 1.26. The summed E-state index contributed by atoms with van der Waals surface area (Å²) in [6, 6.07) is 3.81. The molecule has 2 rings (SSSR count). The Morgan fingerprint density at radius 2 is 2.17 bits per heavy atom. The molecule has 0 bridgehead atoms. The highest BCUT2D eigenvalue weighted by atomic mass is 32.1. The fraction of sp³-hybridized carbons (Fsp3) is 0.111. The Hall–Kier alpha value is -0.670. The molecule has 3 heteroatoms. The zero-order chi connectivity index (χ0) is 8.72. The van der Waals surface area contributed by atoms with E-state index < -0.39 is 0 Å². The van der Waals surface area contributed by atoms with Crippen LogP contribution < -0.4 is 0 Å². The highest BCUT2D eigenvalue weighted by Gasteiger charge is 2.05. The summed E-state index contributed by atoms with van der Waals surface area (Å²) in [5.41, 5.74) is 1.08. The Labute approximate surface area is 80.1 Å². The number of aryl methyl sites for hydroxylation is 1. The molecular weight excluding hydrogens is 188 g/mol. The molecule has 0 saturated carbocycles. The first-order chi connectivity index (χ1) is 5.68. The molecule has 0 atom stereocenters. The highest BCUT2D eigenvalue weighted by Crippen LogP contribution is 2.35. The topological polar surface area (TPSA) is 20.2 Å². The van der Waals surface area contributed by atoms with Gasteiger partial charge in [-0.05, 0) is 24.6 Å². The summed E-state index contributed by atoms with van der Waals surface area (Å²) in [6.45, 7) is 1.97. The van der Waals surface area contributed by atoms with Crippen molar-refractivity contribution in [2.45, 2.75) is 11.8 Å². The molecule has 0 amide bonds. The van der Waals surface area contributed by atoms with Gasteiger partial charge < -0.3 is 5.11 Å². The van der Waals surface area contributed by atoms with Crippen LogP contribution in [0.3, 0.4) is 0 Å². The van der Waals surface area contributed by atoms with Crippen molar-refractivity contribution in [1.29, 1.82) is 0 Å².